The van der Waals surface area contributed by atoms with Crippen molar-refractivity contribution in [3.8, 4) is 0 Å². The third kappa shape index (κ3) is 2.99. The number of benzene rings is 1. The summed E-state index contributed by atoms with van der Waals surface area (Å²) >= 11 is 0. The van der Waals surface area contributed by atoms with E-state index in [2.05, 4.69) is 28.5 Å². The Morgan fingerprint density at radius 1 is 1.30 bits per heavy atom. The first-order valence-corrected chi connectivity index (χ1v) is 6.73. The van der Waals surface area contributed by atoms with Crippen LogP contribution in [0.15, 0.2) is 18.2 Å². The lowest BCUT2D eigenvalue weighted by atomic mass is 10.1. The highest BCUT2D eigenvalue weighted by Gasteiger charge is 2.17. The first kappa shape index (κ1) is 14.1. The van der Waals surface area contributed by atoms with E-state index in [4.69, 9.17) is 5.73 Å². The van der Waals surface area contributed by atoms with Crippen molar-refractivity contribution in [3.63, 3.8) is 0 Å². The third-order valence-corrected chi connectivity index (χ3v) is 3.08. The predicted molar refractivity (Wildman–Crippen MR) is 80.9 cm³/mol. The number of nitrogens with two attached hydrogens (primary N) is 1. The lowest BCUT2D eigenvalue weighted by molar-refractivity contribution is 0.102. The van der Waals surface area contributed by atoms with Crippen LogP contribution in [-0.2, 0) is 6.42 Å². The smallest absolute Gasteiger partial charge is 0.278 e. The van der Waals surface area contributed by atoms with Crippen LogP contribution in [0.2, 0.25) is 0 Å². The van der Waals surface area contributed by atoms with E-state index in [1.165, 1.54) is 0 Å². The second-order valence-corrected chi connectivity index (χ2v) is 5.04. The van der Waals surface area contributed by atoms with Gasteiger partial charge in [0, 0.05) is 5.69 Å². The molecule has 5 heteroatoms. The van der Waals surface area contributed by atoms with Gasteiger partial charge in [-0.05, 0) is 43.5 Å². The summed E-state index contributed by atoms with van der Waals surface area (Å²) in [6, 6.07) is 5.89. The van der Waals surface area contributed by atoms with Gasteiger partial charge in [-0.3, -0.25) is 9.89 Å². The molecule has 2 rings (SSSR count). The first-order chi connectivity index (χ1) is 9.51. The molecular weight excluding hydrogens is 252 g/mol. The van der Waals surface area contributed by atoms with Crippen molar-refractivity contribution in [3.05, 3.63) is 40.7 Å². The van der Waals surface area contributed by atoms with Crippen LogP contribution in [0.3, 0.4) is 0 Å². The van der Waals surface area contributed by atoms with Gasteiger partial charge < -0.3 is 11.1 Å². The molecule has 0 radical (unpaired) electrons. The molecule has 0 aliphatic rings. The molecule has 4 N–H and O–H groups in total. The topological polar surface area (TPSA) is 83.8 Å². The van der Waals surface area contributed by atoms with Gasteiger partial charge in [0.05, 0.1) is 11.4 Å². The minimum atomic E-state index is -0.286. The van der Waals surface area contributed by atoms with E-state index in [1.807, 2.05) is 26.0 Å². The molecule has 0 aliphatic heterocycles. The highest BCUT2D eigenvalue weighted by Crippen LogP contribution is 2.19. The number of aromatic nitrogens is 2. The number of amides is 1. The number of carbonyl (C=O) groups excluding carboxylic acids is 1. The van der Waals surface area contributed by atoms with Crippen LogP contribution in [0.25, 0.3) is 0 Å². The fourth-order valence-electron chi connectivity index (χ4n) is 2.24. The van der Waals surface area contributed by atoms with Crippen LogP contribution in [0.1, 0.15) is 40.7 Å². The van der Waals surface area contributed by atoms with E-state index in [0.29, 0.717) is 5.69 Å². The SMILES string of the molecule is CCCc1[nH]nc(C(=O)Nc2cc(C)cc(C)c2)c1N. The zero-order valence-electron chi connectivity index (χ0n) is 12.1. The zero-order valence-corrected chi connectivity index (χ0v) is 12.1. The van der Waals surface area contributed by atoms with Gasteiger partial charge in [0.2, 0.25) is 0 Å². The maximum absolute atomic E-state index is 12.2. The molecule has 0 atom stereocenters. The minimum Gasteiger partial charge on any atom is -0.395 e. The highest BCUT2D eigenvalue weighted by molar-refractivity contribution is 6.06. The molecule has 0 fully saturated rings. The Labute approximate surface area is 118 Å². The van der Waals surface area contributed by atoms with Crippen LogP contribution in [0.4, 0.5) is 11.4 Å². The Hall–Kier alpha value is -2.30. The van der Waals surface area contributed by atoms with E-state index < -0.39 is 0 Å². The lowest BCUT2D eigenvalue weighted by Gasteiger charge is -2.06. The van der Waals surface area contributed by atoms with Crippen LogP contribution in [0, 0.1) is 13.8 Å². The van der Waals surface area contributed by atoms with E-state index in [9.17, 15) is 4.79 Å². The van der Waals surface area contributed by atoms with Crippen LogP contribution < -0.4 is 11.1 Å². The number of nitrogen functional groups attached to an aromatic ring is 1. The zero-order chi connectivity index (χ0) is 14.7. The summed E-state index contributed by atoms with van der Waals surface area (Å²) in [4.78, 5) is 12.2. The summed E-state index contributed by atoms with van der Waals surface area (Å²) in [5, 5.41) is 9.68. The number of carbonyl (C=O) groups is 1. The summed E-state index contributed by atoms with van der Waals surface area (Å²) in [6.45, 7) is 6.03. The number of aromatic amines is 1. The van der Waals surface area contributed by atoms with Gasteiger partial charge >= 0.3 is 0 Å². The standard InChI is InChI=1S/C15H20N4O/c1-4-5-12-13(16)14(19-18-12)15(20)17-11-7-9(2)6-10(3)8-11/h6-8H,4-5,16H2,1-3H3,(H,17,20)(H,18,19). The molecule has 2 aromatic rings. The molecule has 0 spiro atoms. The predicted octanol–water partition coefficient (Wildman–Crippen LogP) is 2.81. The van der Waals surface area contributed by atoms with E-state index in [1.54, 1.807) is 0 Å². The molecule has 20 heavy (non-hydrogen) atoms. The second kappa shape index (κ2) is 5.77. The number of nitrogens with one attached hydrogen (secondary N) is 2. The number of anilines is 2. The molecule has 1 aromatic heterocycles. The van der Waals surface area contributed by atoms with Crippen LogP contribution in [-0.4, -0.2) is 16.1 Å². The van der Waals surface area contributed by atoms with E-state index in [-0.39, 0.29) is 11.6 Å². The highest BCUT2D eigenvalue weighted by atomic mass is 16.2. The number of rotatable bonds is 4. The number of hydrogen-bond acceptors (Lipinski definition) is 3. The summed E-state index contributed by atoms with van der Waals surface area (Å²) in [5.41, 5.74) is 10.4. The largest absolute Gasteiger partial charge is 0.395 e. The molecule has 0 bridgehead atoms. The summed E-state index contributed by atoms with van der Waals surface area (Å²) in [6.07, 6.45) is 1.74. The number of aryl methyl sites for hydroxylation is 3. The molecule has 1 amide bonds. The van der Waals surface area contributed by atoms with Gasteiger partial charge in [-0.15, -0.1) is 0 Å². The van der Waals surface area contributed by atoms with Crippen molar-refractivity contribution < 1.29 is 4.79 Å². The molecule has 0 unspecified atom stereocenters. The van der Waals surface area contributed by atoms with Gasteiger partial charge in [0.15, 0.2) is 5.69 Å². The lowest BCUT2D eigenvalue weighted by Crippen LogP contribution is -2.14. The molecule has 5 nitrogen and oxygen atoms in total. The van der Waals surface area contributed by atoms with Crippen molar-refractivity contribution in [2.24, 2.45) is 0 Å². The van der Waals surface area contributed by atoms with Gasteiger partial charge in [0.1, 0.15) is 0 Å². The Morgan fingerprint density at radius 3 is 2.55 bits per heavy atom. The molecular formula is C15H20N4O. The number of H-pyrrole nitrogens is 1. The first-order valence-electron chi connectivity index (χ1n) is 6.73. The molecule has 106 valence electrons. The Bertz CT molecular complexity index is 611. The Balaban J connectivity index is 2.19. The summed E-state index contributed by atoms with van der Waals surface area (Å²) in [5.74, 6) is -0.286. The van der Waals surface area contributed by atoms with Gasteiger partial charge in [-0.2, -0.15) is 5.10 Å². The van der Waals surface area contributed by atoms with Crippen molar-refractivity contribution >= 4 is 17.3 Å². The maximum Gasteiger partial charge on any atom is 0.278 e. The fraction of sp³-hybridized carbons (Fsp3) is 0.333. The van der Waals surface area contributed by atoms with Crippen molar-refractivity contribution in [2.45, 2.75) is 33.6 Å². The van der Waals surface area contributed by atoms with Gasteiger partial charge in [-0.25, -0.2) is 0 Å². The molecule has 0 saturated carbocycles. The molecule has 1 heterocycles. The quantitative estimate of drug-likeness (QED) is 0.800. The molecule has 0 saturated heterocycles. The Morgan fingerprint density at radius 2 is 1.95 bits per heavy atom. The molecule has 0 aliphatic carbocycles. The fourth-order valence-corrected chi connectivity index (χ4v) is 2.24. The van der Waals surface area contributed by atoms with E-state index in [0.717, 1.165) is 35.3 Å². The van der Waals surface area contributed by atoms with E-state index >= 15 is 0 Å². The molecule has 1 aromatic carbocycles. The second-order valence-electron chi connectivity index (χ2n) is 5.04. The van der Waals surface area contributed by atoms with Crippen molar-refractivity contribution in [2.75, 3.05) is 11.1 Å². The third-order valence-electron chi connectivity index (χ3n) is 3.08. The van der Waals surface area contributed by atoms with Crippen molar-refractivity contribution in [1.82, 2.24) is 10.2 Å². The van der Waals surface area contributed by atoms with Crippen molar-refractivity contribution in [1.29, 1.82) is 0 Å². The monoisotopic (exact) mass is 272 g/mol. The average molecular weight is 272 g/mol. The van der Waals surface area contributed by atoms with Crippen LogP contribution in [0.5, 0.6) is 0 Å². The summed E-state index contributed by atoms with van der Waals surface area (Å²) in [7, 11) is 0. The normalized spacial score (nSPS) is 10.6. The Kier molecular flexibility index (Phi) is 4.08. The van der Waals surface area contributed by atoms with Gasteiger partial charge in [-0.1, -0.05) is 19.4 Å². The minimum absolute atomic E-state index is 0.257. The van der Waals surface area contributed by atoms with Gasteiger partial charge in [0.25, 0.3) is 5.91 Å². The average Bonchev–Trinajstić information content (AvgIpc) is 2.70. The maximum atomic E-state index is 12.2. The van der Waals surface area contributed by atoms with Crippen LogP contribution >= 0.6 is 0 Å². The summed E-state index contributed by atoms with van der Waals surface area (Å²) < 4.78 is 0. The number of hydrogen-bond donors (Lipinski definition) is 3. The number of nitrogens with zero attached hydrogens (tertiary/aromatic N) is 1.